The van der Waals surface area contributed by atoms with E-state index in [0.29, 0.717) is 13.0 Å². The van der Waals surface area contributed by atoms with E-state index in [-0.39, 0.29) is 17.9 Å². The molecule has 0 aromatic heterocycles. The highest BCUT2D eigenvalue weighted by Gasteiger charge is 2.21. The Kier molecular flexibility index (Phi) is 6.84. The molecule has 2 amide bonds. The molecule has 1 N–H and O–H groups in total. The first-order valence-electron chi connectivity index (χ1n) is 7.24. The number of hydrogen-bond acceptors (Lipinski definition) is 3. The third kappa shape index (κ3) is 5.59. The summed E-state index contributed by atoms with van der Waals surface area (Å²) in [6.07, 6.45) is 4.78. The van der Waals surface area contributed by atoms with Crippen molar-refractivity contribution in [1.82, 2.24) is 15.1 Å². The lowest BCUT2D eigenvalue weighted by atomic mass is 10.1. The molecular formula is C14H27N3O2. The molecule has 5 heteroatoms. The number of piperidine rings is 1. The SMILES string of the molecule is CC(NCCCC(=O)N(C)C)C(=O)N1CCCCC1. The van der Waals surface area contributed by atoms with Crippen LogP contribution in [-0.4, -0.2) is 61.4 Å². The summed E-state index contributed by atoms with van der Waals surface area (Å²) in [6.45, 7) is 4.40. The number of amides is 2. The average molecular weight is 269 g/mol. The van der Waals surface area contributed by atoms with E-state index in [1.807, 2.05) is 11.8 Å². The van der Waals surface area contributed by atoms with Gasteiger partial charge in [-0.25, -0.2) is 0 Å². The van der Waals surface area contributed by atoms with Crippen LogP contribution in [0.15, 0.2) is 0 Å². The van der Waals surface area contributed by atoms with Crippen molar-refractivity contribution >= 4 is 11.8 Å². The van der Waals surface area contributed by atoms with Crippen LogP contribution in [-0.2, 0) is 9.59 Å². The number of carbonyl (C=O) groups is 2. The van der Waals surface area contributed by atoms with Gasteiger partial charge in [-0.05, 0) is 39.2 Å². The lowest BCUT2D eigenvalue weighted by molar-refractivity contribution is -0.133. The van der Waals surface area contributed by atoms with Crippen LogP contribution in [0.3, 0.4) is 0 Å². The Morgan fingerprint density at radius 3 is 2.42 bits per heavy atom. The molecule has 1 atom stereocenters. The fraction of sp³-hybridized carbons (Fsp3) is 0.857. The third-order valence-electron chi connectivity index (χ3n) is 3.55. The van der Waals surface area contributed by atoms with Crippen LogP contribution in [0.25, 0.3) is 0 Å². The topological polar surface area (TPSA) is 52.7 Å². The van der Waals surface area contributed by atoms with Gasteiger partial charge in [0.2, 0.25) is 11.8 Å². The molecule has 1 saturated heterocycles. The van der Waals surface area contributed by atoms with Crippen molar-refractivity contribution in [3.05, 3.63) is 0 Å². The minimum absolute atomic E-state index is 0.136. The van der Waals surface area contributed by atoms with Crippen LogP contribution in [0.5, 0.6) is 0 Å². The molecule has 1 fully saturated rings. The number of carbonyl (C=O) groups excluding carboxylic acids is 2. The van der Waals surface area contributed by atoms with E-state index in [4.69, 9.17) is 0 Å². The molecule has 0 aliphatic carbocycles. The molecule has 1 heterocycles. The third-order valence-corrected chi connectivity index (χ3v) is 3.55. The number of hydrogen-bond donors (Lipinski definition) is 1. The average Bonchev–Trinajstić information content (AvgIpc) is 2.43. The van der Waals surface area contributed by atoms with Crippen LogP contribution >= 0.6 is 0 Å². The van der Waals surface area contributed by atoms with Crippen LogP contribution in [0, 0.1) is 0 Å². The van der Waals surface area contributed by atoms with Crippen molar-refractivity contribution in [2.75, 3.05) is 33.7 Å². The maximum atomic E-state index is 12.1. The monoisotopic (exact) mass is 269 g/mol. The van der Waals surface area contributed by atoms with Crippen molar-refractivity contribution in [2.24, 2.45) is 0 Å². The van der Waals surface area contributed by atoms with Crippen LogP contribution in [0.4, 0.5) is 0 Å². The van der Waals surface area contributed by atoms with Gasteiger partial charge in [0, 0.05) is 33.6 Å². The van der Waals surface area contributed by atoms with Crippen molar-refractivity contribution in [2.45, 2.75) is 45.1 Å². The smallest absolute Gasteiger partial charge is 0.239 e. The fourth-order valence-corrected chi connectivity index (χ4v) is 2.26. The first kappa shape index (κ1) is 16.0. The fourth-order valence-electron chi connectivity index (χ4n) is 2.26. The summed E-state index contributed by atoms with van der Waals surface area (Å²) in [5, 5.41) is 3.21. The molecule has 1 unspecified atom stereocenters. The Labute approximate surface area is 116 Å². The molecule has 19 heavy (non-hydrogen) atoms. The summed E-state index contributed by atoms with van der Waals surface area (Å²) < 4.78 is 0. The van der Waals surface area contributed by atoms with Crippen molar-refractivity contribution in [1.29, 1.82) is 0 Å². The summed E-state index contributed by atoms with van der Waals surface area (Å²) in [7, 11) is 3.52. The van der Waals surface area contributed by atoms with Gasteiger partial charge in [0.15, 0.2) is 0 Å². The number of rotatable bonds is 6. The summed E-state index contributed by atoms with van der Waals surface area (Å²) in [5.74, 6) is 0.329. The van der Waals surface area contributed by atoms with E-state index in [1.54, 1.807) is 19.0 Å². The molecule has 0 spiro atoms. The maximum Gasteiger partial charge on any atom is 0.239 e. The normalized spacial score (nSPS) is 17.1. The predicted octanol–water partition coefficient (Wildman–Crippen LogP) is 0.845. The number of nitrogens with one attached hydrogen (secondary N) is 1. The van der Waals surface area contributed by atoms with E-state index in [0.717, 1.165) is 32.4 Å². The van der Waals surface area contributed by atoms with E-state index in [2.05, 4.69) is 5.32 Å². The van der Waals surface area contributed by atoms with Gasteiger partial charge in [-0.1, -0.05) is 0 Å². The Hall–Kier alpha value is -1.10. The van der Waals surface area contributed by atoms with Crippen LogP contribution < -0.4 is 5.32 Å². The summed E-state index contributed by atoms with van der Waals surface area (Å²) >= 11 is 0. The van der Waals surface area contributed by atoms with Crippen molar-refractivity contribution in [3.8, 4) is 0 Å². The van der Waals surface area contributed by atoms with Gasteiger partial charge in [-0.15, -0.1) is 0 Å². The highest BCUT2D eigenvalue weighted by atomic mass is 16.2. The Balaban J connectivity index is 2.17. The molecular weight excluding hydrogens is 242 g/mol. The molecule has 1 rings (SSSR count). The second-order valence-electron chi connectivity index (χ2n) is 5.45. The Morgan fingerprint density at radius 2 is 1.84 bits per heavy atom. The molecule has 0 radical (unpaired) electrons. The standard InChI is InChI=1S/C14H27N3O2/c1-12(14(19)17-10-5-4-6-11-17)15-9-7-8-13(18)16(2)3/h12,15H,4-11H2,1-3H3. The molecule has 0 aromatic rings. The highest BCUT2D eigenvalue weighted by Crippen LogP contribution is 2.09. The number of likely N-dealkylation sites (tertiary alicyclic amines) is 1. The first-order chi connectivity index (χ1) is 9.02. The summed E-state index contributed by atoms with van der Waals surface area (Å²) in [5.41, 5.74) is 0. The van der Waals surface area contributed by atoms with E-state index in [9.17, 15) is 9.59 Å². The van der Waals surface area contributed by atoms with E-state index < -0.39 is 0 Å². The summed E-state index contributed by atoms with van der Waals surface area (Å²) in [4.78, 5) is 27.1. The van der Waals surface area contributed by atoms with Gasteiger partial charge < -0.3 is 15.1 Å². The van der Waals surface area contributed by atoms with Crippen LogP contribution in [0.1, 0.15) is 39.0 Å². The van der Waals surface area contributed by atoms with Crippen molar-refractivity contribution in [3.63, 3.8) is 0 Å². The minimum atomic E-state index is -0.146. The zero-order valence-electron chi connectivity index (χ0n) is 12.4. The molecule has 0 bridgehead atoms. The van der Waals surface area contributed by atoms with E-state index in [1.165, 1.54) is 6.42 Å². The van der Waals surface area contributed by atoms with Crippen LogP contribution in [0.2, 0.25) is 0 Å². The highest BCUT2D eigenvalue weighted by molar-refractivity contribution is 5.81. The van der Waals surface area contributed by atoms with Gasteiger partial charge in [0.1, 0.15) is 0 Å². The lowest BCUT2D eigenvalue weighted by Gasteiger charge is -2.29. The zero-order valence-corrected chi connectivity index (χ0v) is 12.4. The first-order valence-corrected chi connectivity index (χ1v) is 7.24. The quantitative estimate of drug-likeness (QED) is 0.727. The Bertz CT molecular complexity index is 299. The van der Waals surface area contributed by atoms with Gasteiger partial charge in [-0.2, -0.15) is 0 Å². The maximum absolute atomic E-state index is 12.1. The molecule has 110 valence electrons. The molecule has 1 aliphatic heterocycles. The van der Waals surface area contributed by atoms with Gasteiger partial charge in [0.25, 0.3) is 0 Å². The molecule has 0 saturated carbocycles. The van der Waals surface area contributed by atoms with Gasteiger partial charge >= 0.3 is 0 Å². The Morgan fingerprint density at radius 1 is 1.21 bits per heavy atom. The van der Waals surface area contributed by atoms with E-state index >= 15 is 0 Å². The lowest BCUT2D eigenvalue weighted by Crippen LogP contribution is -2.47. The summed E-state index contributed by atoms with van der Waals surface area (Å²) in [6, 6.07) is -0.146. The zero-order chi connectivity index (χ0) is 14.3. The second kappa shape index (κ2) is 8.15. The second-order valence-corrected chi connectivity index (χ2v) is 5.45. The van der Waals surface area contributed by atoms with Gasteiger partial charge in [0.05, 0.1) is 6.04 Å². The predicted molar refractivity (Wildman–Crippen MR) is 75.8 cm³/mol. The largest absolute Gasteiger partial charge is 0.349 e. The van der Waals surface area contributed by atoms with Gasteiger partial charge in [-0.3, -0.25) is 9.59 Å². The molecule has 1 aliphatic rings. The molecule has 5 nitrogen and oxygen atoms in total. The minimum Gasteiger partial charge on any atom is -0.349 e. The number of nitrogens with zero attached hydrogens (tertiary/aromatic N) is 2. The molecule has 0 aromatic carbocycles. The van der Waals surface area contributed by atoms with Crippen molar-refractivity contribution < 1.29 is 9.59 Å².